The summed E-state index contributed by atoms with van der Waals surface area (Å²) in [7, 11) is 0. The zero-order valence-electron chi connectivity index (χ0n) is 7.31. The minimum atomic E-state index is -0.886. The number of nitrogens with zero attached hydrogens (tertiary/aromatic N) is 1. The summed E-state index contributed by atoms with van der Waals surface area (Å²) in [5, 5.41) is 8.31. The highest BCUT2D eigenvalue weighted by Gasteiger charge is 2.07. The molecular weight excluding hydrogens is 194 g/mol. The van der Waals surface area contributed by atoms with Crippen LogP contribution >= 0.6 is 12.4 Å². The molecule has 0 spiro atoms. The molecular formula is C8H14ClNO3. The quantitative estimate of drug-likeness (QED) is 0.680. The second-order valence-corrected chi connectivity index (χ2v) is 2.65. The van der Waals surface area contributed by atoms with Gasteiger partial charge in [0.1, 0.15) is 0 Å². The highest BCUT2D eigenvalue weighted by atomic mass is 35.5. The van der Waals surface area contributed by atoms with Gasteiger partial charge < -0.3 is 9.84 Å². The fourth-order valence-electron chi connectivity index (χ4n) is 1.09. The minimum absolute atomic E-state index is 0. The first kappa shape index (κ1) is 12.4. The maximum Gasteiger partial charge on any atom is 0.328 e. The van der Waals surface area contributed by atoms with Gasteiger partial charge in [-0.2, -0.15) is 0 Å². The number of ether oxygens (including phenoxy) is 1. The molecule has 1 rings (SSSR count). The average molecular weight is 208 g/mol. The Hall–Kier alpha value is -0.580. The van der Waals surface area contributed by atoms with Crippen LogP contribution in [0.1, 0.15) is 0 Å². The van der Waals surface area contributed by atoms with E-state index in [1.807, 2.05) is 0 Å². The molecule has 0 aromatic heterocycles. The number of hydrogen-bond donors (Lipinski definition) is 1. The van der Waals surface area contributed by atoms with Gasteiger partial charge in [-0.05, 0) is 0 Å². The van der Waals surface area contributed by atoms with Gasteiger partial charge in [0.05, 0.1) is 13.2 Å². The van der Waals surface area contributed by atoms with Crippen LogP contribution in [-0.2, 0) is 9.53 Å². The Morgan fingerprint density at radius 1 is 1.46 bits per heavy atom. The lowest BCUT2D eigenvalue weighted by Gasteiger charge is -2.24. The summed E-state index contributed by atoms with van der Waals surface area (Å²) < 4.78 is 5.15. The van der Waals surface area contributed by atoms with Crippen LogP contribution in [0.3, 0.4) is 0 Å². The van der Waals surface area contributed by atoms with E-state index in [4.69, 9.17) is 9.84 Å². The van der Waals surface area contributed by atoms with Gasteiger partial charge in [-0.3, -0.25) is 4.90 Å². The lowest BCUT2D eigenvalue weighted by molar-refractivity contribution is -0.131. The fourth-order valence-corrected chi connectivity index (χ4v) is 1.09. The van der Waals surface area contributed by atoms with Crippen molar-refractivity contribution in [3.05, 3.63) is 12.2 Å². The van der Waals surface area contributed by atoms with Crippen LogP contribution in [0.25, 0.3) is 0 Å². The van der Waals surface area contributed by atoms with E-state index in [0.29, 0.717) is 6.54 Å². The molecule has 13 heavy (non-hydrogen) atoms. The van der Waals surface area contributed by atoms with Crippen LogP contribution in [0.4, 0.5) is 0 Å². The van der Waals surface area contributed by atoms with Gasteiger partial charge in [-0.15, -0.1) is 12.4 Å². The number of rotatable bonds is 3. The topological polar surface area (TPSA) is 49.8 Å². The Labute approximate surface area is 83.6 Å². The molecule has 1 heterocycles. The predicted molar refractivity (Wildman–Crippen MR) is 51.3 cm³/mol. The molecule has 0 atom stereocenters. The zero-order valence-corrected chi connectivity index (χ0v) is 8.13. The minimum Gasteiger partial charge on any atom is -0.478 e. The average Bonchev–Trinajstić information content (AvgIpc) is 2.05. The number of carboxylic acid groups (broad SMARTS) is 1. The summed E-state index contributed by atoms with van der Waals surface area (Å²) in [5.74, 6) is -0.886. The van der Waals surface area contributed by atoms with E-state index in [1.165, 1.54) is 6.08 Å². The molecule has 0 saturated carbocycles. The lowest BCUT2D eigenvalue weighted by atomic mass is 10.4. The Balaban J connectivity index is 0.00000144. The highest BCUT2D eigenvalue weighted by molar-refractivity contribution is 5.85. The van der Waals surface area contributed by atoms with Gasteiger partial charge in [-0.1, -0.05) is 6.08 Å². The van der Waals surface area contributed by atoms with Gasteiger partial charge in [0, 0.05) is 25.7 Å². The third-order valence-corrected chi connectivity index (χ3v) is 1.73. The van der Waals surface area contributed by atoms with Crippen molar-refractivity contribution in [1.82, 2.24) is 4.90 Å². The van der Waals surface area contributed by atoms with Crippen LogP contribution in [0.2, 0.25) is 0 Å². The van der Waals surface area contributed by atoms with Crippen molar-refractivity contribution in [2.45, 2.75) is 0 Å². The fraction of sp³-hybridized carbons (Fsp3) is 0.625. The van der Waals surface area contributed by atoms with Crippen molar-refractivity contribution in [2.75, 3.05) is 32.8 Å². The van der Waals surface area contributed by atoms with Crippen molar-refractivity contribution >= 4 is 18.4 Å². The van der Waals surface area contributed by atoms with Gasteiger partial charge in [0.2, 0.25) is 0 Å². The molecule has 0 aromatic carbocycles. The van der Waals surface area contributed by atoms with Gasteiger partial charge >= 0.3 is 5.97 Å². The predicted octanol–water partition coefficient (Wildman–Crippen LogP) is 0.381. The molecule has 1 saturated heterocycles. The lowest BCUT2D eigenvalue weighted by Crippen LogP contribution is -2.36. The Kier molecular flexibility index (Phi) is 6.58. The van der Waals surface area contributed by atoms with E-state index in [1.54, 1.807) is 6.08 Å². The van der Waals surface area contributed by atoms with E-state index in [0.717, 1.165) is 26.3 Å². The van der Waals surface area contributed by atoms with Crippen LogP contribution in [0.5, 0.6) is 0 Å². The standard InChI is InChI=1S/C8H13NO3.ClH/c10-8(11)2-1-3-9-4-6-12-7-5-9;/h1-2H,3-7H2,(H,10,11);1H/b2-1+;. The van der Waals surface area contributed by atoms with Crippen molar-refractivity contribution in [1.29, 1.82) is 0 Å². The first-order valence-electron chi connectivity index (χ1n) is 3.98. The molecule has 0 aliphatic carbocycles. The van der Waals surface area contributed by atoms with E-state index in [-0.39, 0.29) is 12.4 Å². The van der Waals surface area contributed by atoms with Crippen LogP contribution in [-0.4, -0.2) is 48.8 Å². The summed E-state index contributed by atoms with van der Waals surface area (Å²) in [6.07, 6.45) is 2.84. The normalized spacial score (nSPS) is 18.5. The molecule has 1 aliphatic rings. The number of carboxylic acids is 1. The summed E-state index contributed by atoms with van der Waals surface area (Å²) in [4.78, 5) is 12.3. The van der Waals surface area contributed by atoms with Crippen molar-refractivity contribution < 1.29 is 14.6 Å². The highest BCUT2D eigenvalue weighted by Crippen LogP contribution is 1.95. The van der Waals surface area contributed by atoms with E-state index in [2.05, 4.69) is 4.90 Å². The second kappa shape index (κ2) is 6.88. The summed E-state index contributed by atoms with van der Waals surface area (Å²) in [5.41, 5.74) is 0. The SMILES string of the molecule is Cl.O=C(O)/C=C/CN1CCOCC1. The maximum absolute atomic E-state index is 10.1. The van der Waals surface area contributed by atoms with Gasteiger partial charge in [0.25, 0.3) is 0 Å². The number of morpholine rings is 1. The third-order valence-electron chi connectivity index (χ3n) is 1.73. The van der Waals surface area contributed by atoms with Crippen LogP contribution in [0.15, 0.2) is 12.2 Å². The molecule has 4 nitrogen and oxygen atoms in total. The molecule has 0 aromatic rings. The third kappa shape index (κ3) is 5.63. The molecule has 1 N–H and O–H groups in total. The van der Waals surface area contributed by atoms with Crippen LogP contribution in [0, 0.1) is 0 Å². The second-order valence-electron chi connectivity index (χ2n) is 2.65. The summed E-state index contributed by atoms with van der Waals surface area (Å²) in [6.45, 7) is 3.99. The molecule has 1 aliphatic heterocycles. The number of hydrogen-bond acceptors (Lipinski definition) is 3. The van der Waals surface area contributed by atoms with Crippen molar-refractivity contribution in [3.63, 3.8) is 0 Å². The van der Waals surface area contributed by atoms with E-state index in [9.17, 15) is 4.79 Å². The van der Waals surface area contributed by atoms with Gasteiger partial charge in [-0.25, -0.2) is 4.79 Å². The number of aliphatic carboxylic acids is 1. The van der Waals surface area contributed by atoms with Gasteiger partial charge in [0.15, 0.2) is 0 Å². The first-order valence-corrected chi connectivity index (χ1v) is 3.98. The van der Waals surface area contributed by atoms with E-state index >= 15 is 0 Å². The molecule has 0 bridgehead atoms. The number of halogens is 1. The van der Waals surface area contributed by atoms with E-state index < -0.39 is 5.97 Å². The Morgan fingerprint density at radius 2 is 2.08 bits per heavy atom. The zero-order chi connectivity index (χ0) is 8.81. The first-order chi connectivity index (χ1) is 5.79. The van der Waals surface area contributed by atoms with Crippen LogP contribution < -0.4 is 0 Å². The maximum atomic E-state index is 10.1. The Bertz CT molecular complexity index is 178. The largest absolute Gasteiger partial charge is 0.478 e. The number of carbonyl (C=O) groups is 1. The molecule has 0 radical (unpaired) electrons. The Morgan fingerprint density at radius 3 is 2.62 bits per heavy atom. The molecule has 0 amide bonds. The van der Waals surface area contributed by atoms with Crippen molar-refractivity contribution in [3.8, 4) is 0 Å². The smallest absolute Gasteiger partial charge is 0.328 e. The molecule has 76 valence electrons. The molecule has 0 unspecified atom stereocenters. The molecule has 1 fully saturated rings. The van der Waals surface area contributed by atoms with Crippen molar-refractivity contribution in [2.24, 2.45) is 0 Å². The molecule has 5 heteroatoms. The summed E-state index contributed by atoms with van der Waals surface area (Å²) >= 11 is 0. The monoisotopic (exact) mass is 207 g/mol. The summed E-state index contributed by atoms with van der Waals surface area (Å²) in [6, 6.07) is 0.